The summed E-state index contributed by atoms with van der Waals surface area (Å²) in [5.41, 5.74) is 1.20. The number of benzene rings is 1. The fourth-order valence-electron chi connectivity index (χ4n) is 3.76. The molecule has 0 bridgehead atoms. The van der Waals surface area contributed by atoms with Gasteiger partial charge < -0.3 is 15.3 Å². The van der Waals surface area contributed by atoms with Gasteiger partial charge >= 0.3 is 6.03 Å². The molecule has 0 heterocycles. The highest BCUT2D eigenvalue weighted by molar-refractivity contribution is 5.75. The molecule has 2 aliphatic carbocycles. The first-order chi connectivity index (χ1) is 11.3. The second-order valence-corrected chi connectivity index (χ2v) is 6.88. The Morgan fingerprint density at radius 3 is 2.43 bits per heavy atom. The molecule has 2 amide bonds. The normalized spacial score (nSPS) is 20.0. The summed E-state index contributed by atoms with van der Waals surface area (Å²) in [5.74, 6) is 0.519. The van der Waals surface area contributed by atoms with E-state index in [2.05, 4.69) is 17.4 Å². The zero-order valence-electron chi connectivity index (χ0n) is 13.8. The fourth-order valence-corrected chi connectivity index (χ4v) is 3.76. The van der Waals surface area contributed by atoms with Gasteiger partial charge in [-0.15, -0.1) is 0 Å². The SMILES string of the molecule is O=C(NC(c1ccccc1)C1CCCCC1)N(CCO)C1CC1. The van der Waals surface area contributed by atoms with E-state index >= 15 is 0 Å². The van der Waals surface area contributed by atoms with E-state index < -0.39 is 0 Å². The summed E-state index contributed by atoms with van der Waals surface area (Å²) >= 11 is 0. The molecule has 4 nitrogen and oxygen atoms in total. The standard InChI is InChI=1S/C19H28N2O2/c22-14-13-21(17-11-12-17)19(23)20-18(15-7-3-1-4-8-15)16-9-5-2-6-10-16/h1,3-4,7-8,16-18,22H,2,5-6,9-14H2,(H,20,23). The molecule has 1 aromatic rings. The summed E-state index contributed by atoms with van der Waals surface area (Å²) < 4.78 is 0. The lowest BCUT2D eigenvalue weighted by molar-refractivity contribution is 0.163. The number of rotatable bonds is 6. The van der Waals surface area contributed by atoms with Crippen LogP contribution in [0.1, 0.15) is 56.6 Å². The maximum atomic E-state index is 12.7. The number of aliphatic hydroxyl groups is 1. The highest BCUT2D eigenvalue weighted by Gasteiger charge is 2.34. The van der Waals surface area contributed by atoms with Crippen LogP contribution in [0.25, 0.3) is 0 Å². The van der Waals surface area contributed by atoms with E-state index in [0.717, 1.165) is 12.8 Å². The third-order valence-corrected chi connectivity index (χ3v) is 5.15. The van der Waals surface area contributed by atoms with Crippen LogP contribution < -0.4 is 5.32 Å². The number of hydrogen-bond acceptors (Lipinski definition) is 2. The second kappa shape index (κ2) is 7.82. The molecule has 126 valence electrons. The summed E-state index contributed by atoms with van der Waals surface area (Å²) in [6, 6.07) is 10.7. The first kappa shape index (κ1) is 16.3. The molecular formula is C19H28N2O2. The summed E-state index contributed by atoms with van der Waals surface area (Å²) in [6.45, 7) is 0.464. The minimum atomic E-state index is -0.0130. The van der Waals surface area contributed by atoms with Crippen LogP contribution >= 0.6 is 0 Å². The smallest absolute Gasteiger partial charge is 0.318 e. The molecule has 1 atom stereocenters. The van der Waals surface area contributed by atoms with E-state index in [9.17, 15) is 9.90 Å². The Morgan fingerprint density at radius 1 is 1.13 bits per heavy atom. The lowest BCUT2D eigenvalue weighted by Gasteiger charge is -2.33. The van der Waals surface area contributed by atoms with E-state index in [0.29, 0.717) is 18.5 Å². The molecule has 1 aromatic carbocycles. The van der Waals surface area contributed by atoms with Crippen molar-refractivity contribution >= 4 is 6.03 Å². The summed E-state index contributed by atoms with van der Waals surface area (Å²) in [4.78, 5) is 14.6. The first-order valence-electron chi connectivity index (χ1n) is 9.02. The van der Waals surface area contributed by atoms with E-state index in [1.807, 2.05) is 23.1 Å². The first-order valence-corrected chi connectivity index (χ1v) is 9.02. The van der Waals surface area contributed by atoms with Crippen LogP contribution in [0.3, 0.4) is 0 Å². The molecule has 2 fully saturated rings. The minimum absolute atomic E-state index is 0.0130. The van der Waals surface area contributed by atoms with Crippen molar-refractivity contribution < 1.29 is 9.90 Å². The highest BCUT2D eigenvalue weighted by atomic mass is 16.3. The van der Waals surface area contributed by atoms with Crippen molar-refractivity contribution in [3.05, 3.63) is 35.9 Å². The van der Waals surface area contributed by atoms with Gasteiger partial charge in [0.15, 0.2) is 0 Å². The van der Waals surface area contributed by atoms with Crippen molar-refractivity contribution in [3.63, 3.8) is 0 Å². The molecule has 1 unspecified atom stereocenters. The Morgan fingerprint density at radius 2 is 1.83 bits per heavy atom. The lowest BCUT2D eigenvalue weighted by Crippen LogP contribution is -2.46. The van der Waals surface area contributed by atoms with Gasteiger partial charge in [0.05, 0.1) is 12.6 Å². The van der Waals surface area contributed by atoms with Gasteiger partial charge in [-0.3, -0.25) is 0 Å². The molecule has 23 heavy (non-hydrogen) atoms. The van der Waals surface area contributed by atoms with Gasteiger partial charge in [-0.05, 0) is 37.2 Å². The van der Waals surface area contributed by atoms with Crippen LogP contribution in [0.15, 0.2) is 30.3 Å². The van der Waals surface area contributed by atoms with Crippen molar-refractivity contribution in [2.75, 3.05) is 13.2 Å². The molecule has 0 aliphatic heterocycles. The highest BCUT2D eigenvalue weighted by Crippen LogP contribution is 2.35. The van der Waals surface area contributed by atoms with Crippen LogP contribution in [-0.2, 0) is 0 Å². The van der Waals surface area contributed by atoms with Crippen molar-refractivity contribution in [1.82, 2.24) is 10.2 Å². The zero-order chi connectivity index (χ0) is 16.1. The Bertz CT molecular complexity index is 495. The van der Waals surface area contributed by atoms with E-state index in [4.69, 9.17) is 0 Å². The number of carbonyl (C=O) groups excluding carboxylic acids is 1. The van der Waals surface area contributed by atoms with Gasteiger partial charge in [-0.25, -0.2) is 4.79 Å². The zero-order valence-corrected chi connectivity index (χ0v) is 13.8. The Kier molecular flexibility index (Phi) is 5.55. The second-order valence-electron chi connectivity index (χ2n) is 6.88. The van der Waals surface area contributed by atoms with Crippen molar-refractivity contribution in [1.29, 1.82) is 0 Å². The molecule has 0 aromatic heterocycles. The van der Waals surface area contributed by atoms with E-state index in [1.54, 1.807) is 0 Å². The number of urea groups is 1. The lowest BCUT2D eigenvalue weighted by atomic mass is 9.81. The number of aliphatic hydroxyl groups excluding tert-OH is 1. The van der Waals surface area contributed by atoms with Crippen LogP contribution in [0.2, 0.25) is 0 Å². The Balaban J connectivity index is 1.73. The molecule has 0 spiro atoms. The molecule has 2 saturated carbocycles. The molecule has 0 radical (unpaired) electrons. The number of amides is 2. The van der Waals surface area contributed by atoms with Gasteiger partial charge in [-0.2, -0.15) is 0 Å². The fraction of sp³-hybridized carbons (Fsp3) is 0.632. The molecule has 2 aliphatic rings. The largest absolute Gasteiger partial charge is 0.395 e. The van der Waals surface area contributed by atoms with Crippen molar-refractivity contribution in [3.8, 4) is 0 Å². The molecule has 3 rings (SSSR count). The van der Waals surface area contributed by atoms with Crippen LogP contribution in [0.4, 0.5) is 4.79 Å². The predicted molar refractivity (Wildman–Crippen MR) is 91.1 cm³/mol. The van der Waals surface area contributed by atoms with Gasteiger partial charge in [0, 0.05) is 12.6 Å². The van der Waals surface area contributed by atoms with E-state index in [-0.39, 0.29) is 18.7 Å². The quantitative estimate of drug-likeness (QED) is 0.844. The molecule has 4 heteroatoms. The Hall–Kier alpha value is -1.55. The molecular weight excluding hydrogens is 288 g/mol. The maximum Gasteiger partial charge on any atom is 0.318 e. The summed E-state index contributed by atoms with van der Waals surface area (Å²) in [5, 5.41) is 12.5. The van der Waals surface area contributed by atoms with Gasteiger partial charge in [0.25, 0.3) is 0 Å². The van der Waals surface area contributed by atoms with Crippen LogP contribution in [-0.4, -0.2) is 35.2 Å². The van der Waals surface area contributed by atoms with Crippen LogP contribution in [0, 0.1) is 5.92 Å². The average Bonchev–Trinajstić information content (AvgIpc) is 3.44. The topological polar surface area (TPSA) is 52.6 Å². The third-order valence-electron chi connectivity index (χ3n) is 5.15. The molecule has 0 saturated heterocycles. The Labute approximate surface area is 138 Å². The van der Waals surface area contributed by atoms with Crippen molar-refractivity contribution in [2.24, 2.45) is 5.92 Å². The number of carbonyl (C=O) groups is 1. The number of nitrogens with zero attached hydrogens (tertiary/aromatic N) is 1. The summed E-state index contributed by atoms with van der Waals surface area (Å²) in [7, 11) is 0. The molecule has 2 N–H and O–H groups in total. The van der Waals surface area contributed by atoms with Gasteiger partial charge in [0.2, 0.25) is 0 Å². The predicted octanol–water partition coefficient (Wildman–Crippen LogP) is 3.47. The minimum Gasteiger partial charge on any atom is -0.395 e. The average molecular weight is 316 g/mol. The third kappa shape index (κ3) is 4.25. The number of hydrogen-bond donors (Lipinski definition) is 2. The van der Waals surface area contributed by atoms with Crippen LogP contribution in [0.5, 0.6) is 0 Å². The van der Waals surface area contributed by atoms with Crippen molar-refractivity contribution in [2.45, 2.75) is 57.0 Å². The van der Waals surface area contributed by atoms with Gasteiger partial charge in [0.1, 0.15) is 0 Å². The maximum absolute atomic E-state index is 12.7. The van der Waals surface area contributed by atoms with E-state index in [1.165, 1.54) is 37.7 Å². The summed E-state index contributed by atoms with van der Waals surface area (Å²) in [6.07, 6.45) is 8.32. The monoisotopic (exact) mass is 316 g/mol. The van der Waals surface area contributed by atoms with Gasteiger partial charge in [-0.1, -0.05) is 49.6 Å². The number of nitrogens with one attached hydrogen (secondary N) is 1.